The standard InChI is InChI=1S/C18H22N4O/c1-13(2)10-11-22-12-19-17-16(22)18(23)21-15(20-17)9-8-14-6-4-3-5-7-14/h3-7,12-13H,8-11H2,1-2H3,(H,20,21,23). The van der Waals surface area contributed by atoms with E-state index < -0.39 is 0 Å². The maximum atomic E-state index is 12.4. The topological polar surface area (TPSA) is 63.6 Å². The predicted molar refractivity (Wildman–Crippen MR) is 91.5 cm³/mol. The summed E-state index contributed by atoms with van der Waals surface area (Å²) in [7, 11) is 0. The summed E-state index contributed by atoms with van der Waals surface area (Å²) in [5, 5.41) is 0. The summed E-state index contributed by atoms with van der Waals surface area (Å²) >= 11 is 0. The van der Waals surface area contributed by atoms with Crippen molar-refractivity contribution in [3.8, 4) is 0 Å². The minimum absolute atomic E-state index is 0.0979. The van der Waals surface area contributed by atoms with E-state index in [0.29, 0.717) is 29.3 Å². The van der Waals surface area contributed by atoms with Gasteiger partial charge in [0.15, 0.2) is 11.2 Å². The first-order valence-electron chi connectivity index (χ1n) is 8.11. The molecule has 120 valence electrons. The van der Waals surface area contributed by atoms with E-state index in [4.69, 9.17) is 0 Å². The molecule has 0 saturated heterocycles. The molecule has 0 amide bonds. The molecule has 0 spiro atoms. The molecule has 2 heterocycles. The summed E-state index contributed by atoms with van der Waals surface area (Å²) in [5.74, 6) is 1.28. The molecule has 1 aromatic carbocycles. The second-order valence-electron chi connectivity index (χ2n) is 6.29. The fraction of sp³-hybridized carbons (Fsp3) is 0.389. The second kappa shape index (κ2) is 6.77. The number of aromatic nitrogens is 4. The van der Waals surface area contributed by atoms with Gasteiger partial charge < -0.3 is 9.55 Å². The number of benzene rings is 1. The van der Waals surface area contributed by atoms with E-state index in [1.165, 1.54) is 5.56 Å². The largest absolute Gasteiger partial charge is 0.325 e. The van der Waals surface area contributed by atoms with Crippen LogP contribution in [0.4, 0.5) is 0 Å². The van der Waals surface area contributed by atoms with Crippen LogP contribution in [-0.4, -0.2) is 19.5 Å². The van der Waals surface area contributed by atoms with E-state index in [2.05, 4.69) is 40.9 Å². The number of aryl methyl sites for hydroxylation is 3. The number of hydrogen-bond acceptors (Lipinski definition) is 3. The number of aromatic amines is 1. The maximum absolute atomic E-state index is 12.4. The van der Waals surface area contributed by atoms with E-state index in [1.54, 1.807) is 6.33 Å². The predicted octanol–water partition coefficient (Wildman–Crippen LogP) is 2.95. The van der Waals surface area contributed by atoms with E-state index >= 15 is 0 Å². The Bertz CT molecular complexity index is 833. The van der Waals surface area contributed by atoms with Gasteiger partial charge >= 0.3 is 0 Å². The Hall–Kier alpha value is -2.43. The Morgan fingerprint density at radius 2 is 1.96 bits per heavy atom. The third kappa shape index (κ3) is 3.67. The van der Waals surface area contributed by atoms with Gasteiger partial charge in [0.25, 0.3) is 5.56 Å². The van der Waals surface area contributed by atoms with Crippen molar-refractivity contribution < 1.29 is 0 Å². The van der Waals surface area contributed by atoms with Crippen molar-refractivity contribution in [3.05, 3.63) is 58.4 Å². The Morgan fingerprint density at radius 1 is 1.17 bits per heavy atom. The average molecular weight is 310 g/mol. The number of fused-ring (bicyclic) bond motifs is 1. The molecule has 5 heteroatoms. The molecule has 0 atom stereocenters. The molecule has 0 bridgehead atoms. The maximum Gasteiger partial charge on any atom is 0.277 e. The summed E-state index contributed by atoms with van der Waals surface area (Å²) in [4.78, 5) is 24.1. The third-order valence-corrected chi connectivity index (χ3v) is 3.97. The molecular formula is C18H22N4O. The average Bonchev–Trinajstić information content (AvgIpc) is 2.95. The SMILES string of the molecule is CC(C)CCn1cnc2nc(CCc3ccccc3)[nH]c(=O)c21. The highest BCUT2D eigenvalue weighted by Crippen LogP contribution is 2.10. The molecule has 2 aromatic heterocycles. The van der Waals surface area contributed by atoms with Crippen molar-refractivity contribution in [1.29, 1.82) is 0 Å². The molecule has 0 radical (unpaired) electrons. The van der Waals surface area contributed by atoms with Crippen LogP contribution in [-0.2, 0) is 19.4 Å². The summed E-state index contributed by atoms with van der Waals surface area (Å²) < 4.78 is 1.90. The monoisotopic (exact) mass is 310 g/mol. The Labute approximate surface area is 135 Å². The molecule has 0 aliphatic heterocycles. The molecule has 0 fully saturated rings. The lowest BCUT2D eigenvalue weighted by Gasteiger charge is -2.06. The zero-order chi connectivity index (χ0) is 16.2. The van der Waals surface area contributed by atoms with Gasteiger partial charge in [-0.1, -0.05) is 44.2 Å². The second-order valence-corrected chi connectivity index (χ2v) is 6.29. The first-order chi connectivity index (χ1) is 11.1. The van der Waals surface area contributed by atoms with Gasteiger partial charge in [-0.25, -0.2) is 9.97 Å². The molecule has 3 aromatic rings. The highest BCUT2D eigenvalue weighted by molar-refractivity contribution is 5.69. The highest BCUT2D eigenvalue weighted by atomic mass is 16.1. The van der Waals surface area contributed by atoms with E-state index in [0.717, 1.165) is 19.4 Å². The van der Waals surface area contributed by atoms with E-state index in [9.17, 15) is 4.79 Å². The highest BCUT2D eigenvalue weighted by Gasteiger charge is 2.11. The number of nitrogens with one attached hydrogen (secondary N) is 1. The third-order valence-electron chi connectivity index (χ3n) is 3.97. The lowest BCUT2D eigenvalue weighted by atomic mass is 10.1. The molecule has 3 rings (SSSR count). The fourth-order valence-corrected chi connectivity index (χ4v) is 2.62. The van der Waals surface area contributed by atoms with Crippen molar-refractivity contribution in [2.75, 3.05) is 0 Å². The number of rotatable bonds is 6. The summed E-state index contributed by atoms with van der Waals surface area (Å²) in [5.41, 5.74) is 2.26. The lowest BCUT2D eigenvalue weighted by molar-refractivity contribution is 0.522. The molecule has 0 unspecified atom stereocenters. The number of imidazole rings is 1. The van der Waals surface area contributed by atoms with Gasteiger partial charge in [0.05, 0.1) is 6.33 Å². The van der Waals surface area contributed by atoms with Gasteiger partial charge in [0.1, 0.15) is 5.82 Å². The summed E-state index contributed by atoms with van der Waals surface area (Å²) in [6.07, 6.45) is 4.29. The molecule has 23 heavy (non-hydrogen) atoms. The zero-order valence-electron chi connectivity index (χ0n) is 13.6. The van der Waals surface area contributed by atoms with Crippen molar-refractivity contribution in [3.63, 3.8) is 0 Å². The summed E-state index contributed by atoms with van der Waals surface area (Å²) in [6.45, 7) is 5.13. The molecule has 0 saturated carbocycles. The zero-order valence-corrected chi connectivity index (χ0v) is 13.6. The van der Waals surface area contributed by atoms with Crippen LogP contribution in [0.1, 0.15) is 31.7 Å². The van der Waals surface area contributed by atoms with Crippen molar-refractivity contribution >= 4 is 11.2 Å². The first kappa shape index (κ1) is 15.5. The fourth-order valence-electron chi connectivity index (χ4n) is 2.62. The van der Waals surface area contributed by atoms with Crippen molar-refractivity contribution in [2.45, 2.75) is 39.7 Å². The molecule has 1 N–H and O–H groups in total. The molecular weight excluding hydrogens is 288 g/mol. The normalized spacial score (nSPS) is 11.4. The smallest absolute Gasteiger partial charge is 0.277 e. The Balaban J connectivity index is 1.80. The van der Waals surface area contributed by atoms with Crippen molar-refractivity contribution in [1.82, 2.24) is 19.5 Å². The van der Waals surface area contributed by atoms with Crippen LogP contribution in [0.15, 0.2) is 41.5 Å². The Morgan fingerprint density at radius 3 is 2.70 bits per heavy atom. The molecule has 0 aliphatic rings. The van der Waals surface area contributed by atoms with Crippen LogP contribution in [0.3, 0.4) is 0 Å². The van der Waals surface area contributed by atoms with Crippen LogP contribution < -0.4 is 5.56 Å². The first-order valence-corrected chi connectivity index (χ1v) is 8.11. The van der Waals surface area contributed by atoms with Gasteiger partial charge in [-0.15, -0.1) is 0 Å². The quantitative estimate of drug-likeness (QED) is 0.761. The summed E-state index contributed by atoms with van der Waals surface area (Å²) in [6, 6.07) is 10.2. The van der Waals surface area contributed by atoms with Gasteiger partial charge in [-0.3, -0.25) is 4.79 Å². The lowest BCUT2D eigenvalue weighted by Crippen LogP contribution is -2.16. The van der Waals surface area contributed by atoms with Crippen LogP contribution in [0.25, 0.3) is 11.2 Å². The van der Waals surface area contributed by atoms with E-state index in [1.807, 2.05) is 22.8 Å². The minimum atomic E-state index is -0.0979. The van der Waals surface area contributed by atoms with Crippen LogP contribution in [0, 0.1) is 5.92 Å². The van der Waals surface area contributed by atoms with Crippen LogP contribution in [0.5, 0.6) is 0 Å². The molecule has 5 nitrogen and oxygen atoms in total. The van der Waals surface area contributed by atoms with Gasteiger partial charge in [0, 0.05) is 13.0 Å². The van der Waals surface area contributed by atoms with Gasteiger partial charge in [-0.2, -0.15) is 0 Å². The van der Waals surface area contributed by atoms with Crippen LogP contribution >= 0.6 is 0 Å². The van der Waals surface area contributed by atoms with Gasteiger partial charge in [-0.05, 0) is 24.3 Å². The molecule has 0 aliphatic carbocycles. The van der Waals surface area contributed by atoms with Gasteiger partial charge in [0.2, 0.25) is 0 Å². The minimum Gasteiger partial charge on any atom is -0.325 e. The van der Waals surface area contributed by atoms with Crippen LogP contribution in [0.2, 0.25) is 0 Å². The number of hydrogen-bond donors (Lipinski definition) is 1. The van der Waals surface area contributed by atoms with Crippen molar-refractivity contribution in [2.24, 2.45) is 5.92 Å². The number of nitrogens with zero attached hydrogens (tertiary/aromatic N) is 3. The van der Waals surface area contributed by atoms with E-state index in [-0.39, 0.29) is 5.56 Å². The Kier molecular flexibility index (Phi) is 4.55. The number of H-pyrrole nitrogens is 1.